The van der Waals surface area contributed by atoms with Crippen LogP contribution in [-0.2, 0) is 14.3 Å². The molecule has 0 bridgehead atoms. The number of nitrogens with one attached hydrogen (secondary N) is 1. The number of hydrogen-bond acceptors (Lipinski definition) is 4. The number of nitrogens with zero attached hydrogens (tertiary/aromatic N) is 1. The Balaban J connectivity index is 1.41. The highest BCUT2D eigenvalue weighted by Crippen LogP contribution is 2.44. The molecule has 2 aromatic rings. The van der Waals surface area contributed by atoms with E-state index < -0.39 is 24.1 Å². The lowest BCUT2D eigenvalue weighted by atomic mass is 9.98. The summed E-state index contributed by atoms with van der Waals surface area (Å²) in [5.41, 5.74) is 4.51. The number of carbonyl (C=O) groups is 3. The number of alkyl carbamates (subject to hydrolysis) is 1. The Kier molecular flexibility index (Phi) is 6.44. The molecule has 1 fully saturated rings. The van der Waals surface area contributed by atoms with Crippen molar-refractivity contribution in [3.8, 4) is 11.1 Å². The first-order valence-corrected chi connectivity index (χ1v) is 11.2. The Morgan fingerprint density at radius 2 is 1.69 bits per heavy atom. The summed E-state index contributed by atoms with van der Waals surface area (Å²) < 4.78 is 5.55. The highest BCUT2D eigenvalue weighted by Gasteiger charge is 2.36. The predicted octanol–water partition coefficient (Wildman–Crippen LogP) is 3.77. The van der Waals surface area contributed by atoms with E-state index in [0.29, 0.717) is 19.4 Å². The Hall–Kier alpha value is -3.35. The van der Waals surface area contributed by atoms with Gasteiger partial charge in [0, 0.05) is 12.5 Å². The second kappa shape index (κ2) is 9.42. The molecule has 2 amide bonds. The van der Waals surface area contributed by atoms with Crippen molar-refractivity contribution in [1.29, 1.82) is 0 Å². The van der Waals surface area contributed by atoms with Crippen LogP contribution in [0.5, 0.6) is 0 Å². The third-order valence-corrected chi connectivity index (χ3v) is 6.41. The van der Waals surface area contributed by atoms with Crippen molar-refractivity contribution >= 4 is 18.0 Å². The van der Waals surface area contributed by atoms with Crippen molar-refractivity contribution in [1.82, 2.24) is 10.2 Å². The number of aliphatic carboxylic acids is 1. The van der Waals surface area contributed by atoms with Crippen LogP contribution in [-0.4, -0.2) is 53.2 Å². The quantitative estimate of drug-likeness (QED) is 0.719. The number of piperidine rings is 1. The molecule has 7 heteroatoms. The number of carboxylic acid groups (broad SMARTS) is 1. The zero-order chi connectivity index (χ0) is 22.7. The average molecular weight is 437 g/mol. The van der Waals surface area contributed by atoms with Gasteiger partial charge in [-0.2, -0.15) is 0 Å². The van der Waals surface area contributed by atoms with Crippen LogP contribution in [0.2, 0.25) is 0 Å². The molecule has 2 aromatic carbocycles. The van der Waals surface area contributed by atoms with Crippen LogP contribution in [0.1, 0.15) is 49.7 Å². The summed E-state index contributed by atoms with van der Waals surface area (Å²) in [5.74, 6) is -1.44. The average Bonchev–Trinajstić information content (AvgIpc) is 3.14. The van der Waals surface area contributed by atoms with Gasteiger partial charge < -0.3 is 20.1 Å². The molecule has 0 radical (unpaired) electrons. The fourth-order valence-electron chi connectivity index (χ4n) is 4.77. The lowest BCUT2D eigenvalue weighted by molar-refractivity contribution is -0.152. The van der Waals surface area contributed by atoms with E-state index in [1.54, 1.807) is 6.92 Å². The third-order valence-electron chi connectivity index (χ3n) is 6.41. The number of benzene rings is 2. The lowest BCUT2D eigenvalue weighted by Gasteiger charge is -2.35. The second-order valence-corrected chi connectivity index (χ2v) is 8.31. The summed E-state index contributed by atoms with van der Waals surface area (Å²) in [4.78, 5) is 38.5. The molecule has 7 nitrogen and oxygen atoms in total. The monoisotopic (exact) mass is 436 g/mol. The summed E-state index contributed by atoms with van der Waals surface area (Å²) in [7, 11) is 0. The summed E-state index contributed by atoms with van der Waals surface area (Å²) in [5, 5.41) is 12.1. The maximum atomic E-state index is 13.0. The van der Waals surface area contributed by atoms with Gasteiger partial charge in [-0.15, -0.1) is 0 Å². The van der Waals surface area contributed by atoms with Crippen molar-refractivity contribution in [3.63, 3.8) is 0 Å². The molecular weight excluding hydrogens is 408 g/mol. The summed E-state index contributed by atoms with van der Waals surface area (Å²) in [6, 6.07) is 14.5. The minimum absolute atomic E-state index is 0.0672. The molecule has 4 rings (SSSR count). The van der Waals surface area contributed by atoms with E-state index in [9.17, 15) is 19.5 Å². The number of fused-ring (bicyclic) bond motifs is 3. The van der Waals surface area contributed by atoms with Crippen LogP contribution in [0, 0.1) is 0 Å². The van der Waals surface area contributed by atoms with E-state index in [2.05, 4.69) is 17.4 Å². The largest absolute Gasteiger partial charge is 0.480 e. The molecule has 1 heterocycles. The minimum atomic E-state index is -1.01. The summed E-state index contributed by atoms with van der Waals surface area (Å²) in [6.45, 7) is 2.33. The van der Waals surface area contributed by atoms with Gasteiger partial charge in [-0.1, -0.05) is 55.5 Å². The molecule has 0 spiro atoms. The first-order chi connectivity index (χ1) is 15.5. The lowest BCUT2D eigenvalue weighted by Crippen LogP contribution is -2.55. The van der Waals surface area contributed by atoms with Gasteiger partial charge in [-0.3, -0.25) is 4.79 Å². The fraction of sp³-hybridized carbons (Fsp3) is 0.400. The number of ether oxygens (including phenoxy) is 1. The van der Waals surface area contributed by atoms with Gasteiger partial charge in [0.2, 0.25) is 5.91 Å². The van der Waals surface area contributed by atoms with Crippen molar-refractivity contribution in [2.75, 3.05) is 13.2 Å². The van der Waals surface area contributed by atoms with E-state index in [0.717, 1.165) is 35.1 Å². The summed E-state index contributed by atoms with van der Waals surface area (Å²) >= 11 is 0. The van der Waals surface area contributed by atoms with Crippen molar-refractivity contribution in [2.45, 2.75) is 50.6 Å². The molecule has 1 aliphatic heterocycles. The molecular formula is C25H28N2O5. The smallest absolute Gasteiger partial charge is 0.407 e. The Bertz CT molecular complexity index is 975. The number of carbonyl (C=O) groups excluding carboxylic acids is 2. The van der Waals surface area contributed by atoms with E-state index in [-0.39, 0.29) is 18.4 Å². The van der Waals surface area contributed by atoms with Gasteiger partial charge in [0.25, 0.3) is 0 Å². The number of likely N-dealkylation sites (tertiary alicyclic amines) is 1. The van der Waals surface area contributed by atoms with Crippen LogP contribution in [0.25, 0.3) is 11.1 Å². The zero-order valence-corrected chi connectivity index (χ0v) is 18.1. The van der Waals surface area contributed by atoms with E-state index in [1.165, 1.54) is 4.90 Å². The van der Waals surface area contributed by atoms with Gasteiger partial charge in [-0.05, 0) is 47.9 Å². The number of rotatable bonds is 6. The number of amides is 2. The van der Waals surface area contributed by atoms with Gasteiger partial charge in [-0.25, -0.2) is 9.59 Å². The molecule has 0 aromatic heterocycles. The van der Waals surface area contributed by atoms with Crippen LogP contribution >= 0.6 is 0 Å². The minimum Gasteiger partial charge on any atom is -0.480 e. The predicted molar refractivity (Wildman–Crippen MR) is 119 cm³/mol. The Morgan fingerprint density at radius 1 is 1.06 bits per heavy atom. The maximum Gasteiger partial charge on any atom is 0.407 e. The van der Waals surface area contributed by atoms with Crippen LogP contribution < -0.4 is 5.32 Å². The number of hydrogen-bond donors (Lipinski definition) is 2. The third kappa shape index (κ3) is 4.20. The molecule has 2 N–H and O–H groups in total. The topological polar surface area (TPSA) is 95.9 Å². The Morgan fingerprint density at radius 3 is 2.28 bits per heavy atom. The van der Waals surface area contributed by atoms with Crippen LogP contribution in [0.15, 0.2) is 48.5 Å². The standard InChI is InChI=1S/C25H28N2O5/c1-2-21(23(28)27-14-8-7-13-22(27)24(29)30)26-25(31)32-15-20-18-11-5-3-9-16(18)17-10-4-6-12-19(17)20/h3-6,9-12,20-22H,2,7-8,13-15H2,1H3,(H,26,31)(H,29,30)/t21-,22+/m0/s1. The van der Waals surface area contributed by atoms with Crippen molar-refractivity contribution in [2.24, 2.45) is 0 Å². The molecule has 2 atom stereocenters. The van der Waals surface area contributed by atoms with Crippen molar-refractivity contribution < 1.29 is 24.2 Å². The van der Waals surface area contributed by atoms with Gasteiger partial charge in [0.1, 0.15) is 18.7 Å². The van der Waals surface area contributed by atoms with Crippen LogP contribution in [0.3, 0.4) is 0 Å². The first-order valence-electron chi connectivity index (χ1n) is 11.2. The Labute approximate surface area is 187 Å². The van der Waals surface area contributed by atoms with E-state index in [1.807, 2.05) is 36.4 Å². The summed E-state index contributed by atoms with van der Waals surface area (Å²) in [6.07, 6.45) is 1.65. The molecule has 1 aliphatic carbocycles. The molecule has 168 valence electrons. The van der Waals surface area contributed by atoms with E-state index >= 15 is 0 Å². The molecule has 0 unspecified atom stereocenters. The zero-order valence-electron chi connectivity index (χ0n) is 18.1. The van der Waals surface area contributed by atoms with Gasteiger partial charge in [0.15, 0.2) is 0 Å². The SMILES string of the molecule is CC[C@H](NC(=O)OCC1c2ccccc2-c2ccccc21)C(=O)N1CCCC[C@@H]1C(=O)O. The van der Waals surface area contributed by atoms with E-state index in [4.69, 9.17) is 4.74 Å². The number of carboxylic acids is 1. The van der Waals surface area contributed by atoms with Gasteiger partial charge >= 0.3 is 12.1 Å². The maximum absolute atomic E-state index is 13.0. The second-order valence-electron chi connectivity index (χ2n) is 8.31. The normalized spacial score (nSPS) is 18.4. The molecule has 2 aliphatic rings. The molecule has 0 saturated carbocycles. The first kappa shape index (κ1) is 21.9. The molecule has 1 saturated heterocycles. The van der Waals surface area contributed by atoms with Crippen LogP contribution in [0.4, 0.5) is 4.79 Å². The highest BCUT2D eigenvalue weighted by atomic mass is 16.5. The highest BCUT2D eigenvalue weighted by molar-refractivity contribution is 5.89. The molecule has 32 heavy (non-hydrogen) atoms. The fourth-order valence-corrected chi connectivity index (χ4v) is 4.77. The van der Waals surface area contributed by atoms with Gasteiger partial charge in [0.05, 0.1) is 0 Å². The van der Waals surface area contributed by atoms with Crippen molar-refractivity contribution in [3.05, 3.63) is 59.7 Å².